The number of ketones is 1. The van der Waals surface area contributed by atoms with Crippen molar-refractivity contribution in [1.82, 2.24) is 10.2 Å². The summed E-state index contributed by atoms with van der Waals surface area (Å²) in [6, 6.07) is 23.5. The predicted octanol–water partition coefficient (Wildman–Crippen LogP) is 2.98. The molecule has 2 amide bonds. The number of benzene rings is 3. The molecule has 1 aliphatic heterocycles. The lowest BCUT2D eigenvalue weighted by atomic mass is 10.0. The third kappa shape index (κ3) is 5.67. The molecule has 8 heteroatoms. The van der Waals surface area contributed by atoms with Gasteiger partial charge in [-0.2, -0.15) is 0 Å². The molecule has 0 saturated carbocycles. The van der Waals surface area contributed by atoms with Crippen LogP contribution >= 0.6 is 0 Å². The van der Waals surface area contributed by atoms with E-state index in [2.05, 4.69) is 10.5 Å². The molecule has 36 heavy (non-hydrogen) atoms. The number of rotatable bonds is 8. The van der Waals surface area contributed by atoms with Gasteiger partial charge in [-0.3, -0.25) is 14.4 Å². The van der Waals surface area contributed by atoms with E-state index in [0.717, 1.165) is 0 Å². The number of oxime groups is 1. The van der Waals surface area contributed by atoms with Crippen LogP contribution < -0.4 is 5.32 Å². The molecular formula is C28H27N3O5. The molecular weight excluding hydrogens is 458 g/mol. The van der Waals surface area contributed by atoms with Crippen LogP contribution in [-0.2, 0) is 9.63 Å². The Morgan fingerprint density at radius 2 is 1.53 bits per heavy atom. The number of aliphatic hydroxyl groups excluding tert-OH is 1. The van der Waals surface area contributed by atoms with Crippen molar-refractivity contribution in [3.05, 3.63) is 107 Å². The Balaban J connectivity index is 1.47. The topological polar surface area (TPSA) is 108 Å². The van der Waals surface area contributed by atoms with Gasteiger partial charge in [-0.1, -0.05) is 78.0 Å². The second kappa shape index (κ2) is 11.4. The fourth-order valence-corrected chi connectivity index (χ4v) is 4.14. The second-order valence-corrected chi connectivity index (χ2v) is 8.44. The van der Waals surface area contributed by atoms with Crippen LogP contribution in [0.25, 0.3) is 0 Å². The zero-order chi connectivity index (χ0) is 25.5. The lowest BCUT2D eigenvalue weighted by Gasteiger charge is -2.24. The van der Waals surface area contributed by atoms with E-state index in [-0.39, 0.29) is 31.2 Å². The molecule has 0 spiro atoms. The molecule has 8 nitrogen and oxygen atoms in total. The van der Waals surface area contributed by atoms with Gasteiger partial charge in [-0.05, 0) is 17.7 Å². The smallest absolute Gasteiger partial charge is 0.254 e. The Hall–Kier alpha value is -4.30. The standard InChI is InChI=1S/C28H27N3O5/c1-36-30-23-16-24(27(34)29-17-25(32)19-8-4-2-5-9-19)31(18-23)28(35)22-14-12-21(13-15-22)26(33)20-10-6-3-7-11-20/h2-15,24-25,32H,16-18H2,1H3,(H,29,34)/b30-23-/t24-,25?/m0/s1. The molecule has 0 bridgehead atoms. The van der Waals surface area contributed by atoms with Crippen molar-refractivity contribution in [2.75, 3.05) is 20.2 Å². The number of aliphatic hydroxyl groups is 1. The molecule has 1 saturated heterocycles. The van der Waals surface area contributed by atoms with E-state index < -0.39 is 18.1 Å². The molecule has 1 unspecified atom stereocenters. The summed E-state index contributed by atoms with van der Waals surface area (Å²) in [5.74, 6) is -0.895. The zero-order valence-corrected chi connectivity index (χ0v) is 19.8. The van der Waals surface area contributed by atoms with E-state index in [1.807, 2.05) is 24.3 Å². The summed E-state index contributed by atoms with van der Waals surface area (Å²) in [6.45, 7) is 0.144. The minimum atomic E-state index is -0.873. The van der Waals surface area contributed by atoms with Crippen molar-refractivity contribution in [3.8, 4) is 0 Å². The summed E-state index contributed by atoms with van der Waals surface area (Å²) in [6.07, 6.45) is -0.653. The van der Waals surface area contributed by atoms with Crippen LogP contribution in [0.15, 0.2) is 90.1 Å². The normalized spacial score (nSPS) is 17.0. The fourth-order valence-electron chi connectivity index (χ4n) is 4.14. The third-order valence-electron chi connectivity index (χ3n) is 6.03. The van der Waals surface area contributed by atoms with Crippen LogP contribution in [0.1, 0.15) is 44.4 Å². The number of carbonyl (C=O) groups excluding carboxylic acids is 3. The van der Waals surface area contributed by atoms with Crippen LogP contribution in [0.2, 0.25) is 0 Å². The average Bonchev–Trinajstić information content (AvgIpc) is 3.36. The molecule has 0 aromatic heterocycles. The minimum Gasteiger partial charge on any atom is -0.399 e. The number of likely N-dealkylation sites (tertiary alicyclic amines) is 1. The van der Waals surface area contributed by atoms with Gasteiger partial charge in [-0.25, -0.2) is 0 Å². The highest BCUT2D eigenvalue weighted by Gasteiger charge is 2.38. The van der Waals surface area contributed by atoms with Crippen molar-refractivity contribution in [2.24, 2.45) is 5.16 Å². The molecule has 4 rings (SSSR count). The van der Waals surface area contributed by atoms with E-state index in [9.17, 15) is 19.5 Å². The van der Waals surface area contributed by atoms with Gasteiger partial charge in [0.2, 0.25) is 5.91 Å². The van der Waals surface area contributed by atoms with Crippen LogP contribution in [0.4, 0.5) is 0 Å². The summed E-state index contributed by atoms with van der Waals surface area (Å²) < 4.78 is 0. The van der Waals surface area contributed by atoms with Gasteiger partial charge in [0, 0.05) is 29.7 Å². The van der Waals surface area contributed by atoms with Gasteiger partial charge in [0.15, 0.2) is 5.78 Å². The van der Waals surface area contributed by atoms with Crippen molar-refractivity contribution in [2.45, 2.75) is 18.6 Å². The molecule has 1 aliphatic rings. The van der Waals surface area contributed by atoms with Gasteiger partial charge in [0.25, 0.3) is 5.91 Å². The SMILES string of the molecule is CO/N=C1/C[C@@H](C(=O)NCC(O)c2ccccc2)N(C(=O)c2ccc(C(=O)c3ccccc3)cc2)C1. The zero-order valence-electron chi connectivity index (χ0n) is 19.8. The molecule has 184 valence electrons. The monoisotopic (exact) mass is 485 g/mol. The maximum absolute atomic E-state index is 13.3. The Bertz CT molecular complexity index is 1240. The van der Waals surface area contributed by atoms with Gasteiger partial charge in [-0.15, -0.1) is 0 Å². The van der Waals surface area contributed by atoms with Crippen LogP contribution in [0.3, 0.4) is 0 Å². The third-order valence-corrected chi connectivity index (χ3v) is 6.03. The van der Waals surface area contributed by atoms with Gasteiger partial charge < -0.3 is 20.2 Å². The number of carbonyl (C=O) groups is 3. The van der Waals surface area contributed by atoms with Crippen molar-refractivity contribution in [1.29, 1.82) is 0 Å². The predicted molar refractivity (Wildman–Crippen MR) is 135 cm³/mol. The fraction of sp³-hybridized carbons (Fsp3) is 0.214. The largest absolute Gasteiger partial charge is 0.399 e. The van der Waals surface area contributed by atoms with E-state index >= 15 is 0 Å². The van der Waals surface area contributed by atoms with Crippen LogP contribution in [-0.4, -0.2) is 59.6 Å². The average molecular weight is 486 g/mol. The molecule has 1 heterocycles. The molecule has 3 aromatic rings. The number of hydrogen-bond donors (Lipinski definition) is 2. The first-order valence-electron chi connectivity index (χ1n) is 11.6. The van der Waals surface area contributed by atoms with Gasteiger partial charge >= 0.3 is 0 Å². The summed E-state index contributed by atoms with van der Waals surface area (Å²) in [7, 11) is 1.41. The Morgan fingerprint density at radius 3 is 2.17 bits per heavy atom. The number of amides is 2. The molecule has 1 fully saturated rings. The molecule has 0 aliphatic carbocycles. The highest BCUT2D eigenvalue weighted by molar-refractivity contribution is 6.10. The first-order chi connectivity index (χ1) is 17.5. The Labute approximate surface area is 209 Å². The lowest BCUT2D eigenvalue weighted by Crippen LogP contribution is -2.46. The summed E-state index contributed by atoms with van der Waals surface area (Å²) in [5, 5.41) is 17.1. The molecule has 2 atom stereocenters. The number of hydrogen-bond acceptors (Lipinski definition) is 6. The second-order valence-electron chi connectivity index (χ2n) is 8.44. The van der Waals surface area contributed by atoms with Crippen molar-refractivity contribution in [3.63, 3.8) is 0 Å². The maximum Gasteiger partial charge on any atom is 0.254 e. The van der Waals surface area contributed by atoms with Crippen LogP contribution in [0.5, 0.6) is 0 Å². The maximum atomic E-state index is 13.3. The van der Waals surface area contributed by atoms with Gasteiger partial charge in [0.1, 0.15) is 13.2 Å². The van der Waals surface area contributed by atoms with E-state index in [4.69, 9.17) is 4.84 Å². The molecule has 2 N–H and O–H groups in total. The number of nitrogens with zero attached hydrogens (tertiary/aromatic N) is 2. The van der Waals surface area contributed by atoms with Crippen molar-refractivity contribution < 1.29 is 24.3 Å². The first-order valence-corrected chi connectivity index (χ1v) is 11.6. The molecule has 3 aromatic carbocycles. The minimum absolute atomic E-state index is 0.00836. The molecule has 0 radical (unpaired) electrons. The van der Waals surface area contributed by atoms with E-state index in [1.165, 1.54) is 12.0 Å². The van der Waals surface area contributed by atoms with E-state index in [0.29, 0.717) is 28.0 Å². The van der Waals surface area contributed by atoms with Crippen LogP contribution in [0, 0.1) is 0 Å². The van der Waals surface area contributed by atoms with Gasteiger partial charge in [0.05, 0.1) is 18.4 Å². The quantitative estimate of drug-likeness (QED) is 0.377. The summed E-state index contributed by atoms with van der Waals surface area (Å²) >= 11 is 0. The lowest BCUT2D eigenvalue weighted by molar-refractivity contribution is -0.125. The van der Waals surface area contributed by atoms with E-state index in [1.54, 1.807) is 60.7 Å². The highest BCUT2D eigenvalue weighted by Crippen LogP contribution is 2.21. The highest BCUT2D eigenvalue weighted by atomic mass is 16.6. The van der Waals surface area contributed by atoms with Crippen molar-refractivity contribution >= 4 is 23.3 Å². The Kier molecular flexibility index (Phi) is 7.87. The summed E-state index contributed by atoms with van der Waals surface area (Å²) in [4.78, 5) is 45.3. The summed E-state index contributed by atoms with van der Waals surface area (Å²) in [5.41, 5.74) is 2.62. The number of nitrogens with one attached hydrogen (secondary N) is 1. The Morgan fingerprint density at radius 1 is 0.944 bits per heavy atom. The first kappa shape index (κ1) is 24.8.